The van der Waals surface area contributed by atoms with E-state index in [2.05, 4.69) is 5.32 Å². The van der Waals surface area contributed by atoms with Crippen molar-refractivity contribution < 1.29 is 18.4 Å². The molecular weight excluding hydrogens is 272 g/mol. The van der Waals surface area contributed by atoms with Gasteiger partial charge in [0.05, 0.1) is 12.8 Å². The normalized spacial score (nSPS) is 12.0. The molecule has 2 heterocycles. The zero-order valence-electron chi connectivity index (χ0n) is 12.3. The minimum atomic E-state index is -0.649. The standard InChI is InChI=1S/C15H18N2O4/c1-10-6-7-12(21-10)9-17(3)15(19)11(2)16-14(18)13-5-4-8-20-13/h4-8,11H,9H2,1-3H3,(H,16,18)/t11-/m1/s1. The summed E-state index contributed by atoms with van der Waals surface area (Å²) in [5, 5.41) is 2.60. The van der Waals surface area contributed by atoms with E-state index in [4.69, 9.17) is 8.83 Å². The molecule has 0 aliphatic heterocycles. The molecule has 6 nitrogen and oxygen atoms in total. The molecule has 0 fully saturated rings. The van der Waals surface area contributed by atoms with Crippen LogP contribution in [0.1, 0.15) is 29.0 Å². The van der Waals surface area contributed by atoms with Crippen molar-refractivity contribution in [2.45, 2.75) is 26.4 Å². The molecule has 0 radical (unpaired) electrons. The number of nitrogens with one attached hydrogen (secondary N) is 1. The predicted molar refractivity (Wildman–Crippen MR) is 75.6 cm³/mol. The number of carbonyl (C=O) groups excluding carboxylic acids is 2. The van der Waals surface area contributed by atoms with Crippen molar-refractivity contribution in [2.75, 3.05) is 7.05 Å². The first kappa shape index (κ1) is 14.9. The highest BCUT2D eigenvalue weighted by atomic mass is 16.3. The van der Waals surface area contributed by atoms with Crippen molar-refractivity contribution in [1.29, 1.82) is 0 Å². The van der Waals surface area contributed by atoms with Gasteiger partial charge in [0, 0.05) is 7.05 Å². The molecule has 0 saturated heterocycles. The van der Waals surface area contributed by atoms with E-state index < -0.39 is 11.9 Å². The highest BCUT2D eigenvalue weighted by Crippen LogP contribution is 2.09. The quantitative estimate of drug-likeness (QED) is 0.913. The number of furan rings is 2. The van der Waals surface area contributed by atoms with Crippen LogP contribution in [0.3, 0.4) is 0 Å². The molecule has 2 amide bonds. The smallest absolute Gasteiger partial charge is 0.287 e. The Bertz CT molecular complexity index is 615. The first-order valence-corrected chi connectivity index (χ1v) is 6.62. The van der Waals surface area contributed by atoms with Crippen molar-refractivity contribution in [3.05, 3.63) is 47.8 Å². The second-order valence-corrected chi connectivity index (χ2v) is 4.88. The minimum absolute atomic E-state index is 0.180. The molecule has 0 saturated carbocycles. The van der Waals surface area contributed by atoms with E-state index >= 15 is 0 Å². The summed E-state index contributed by atoms with van der Waals surface area (Å²) in [6, 6.07) is 6.18. The Balaban J connectivity index is 1.90. The first-order valence-electron chi connectivity index (χ1n) is 6.62. The third-order valence-corrected chi connectivity index (χ3v) is 3.03. The van der Waals surface area contributed by atoms with Gasteiger partial charge in [0.15, 0.2) is 5.76 Å². The van der Waals surface area contributed by atoms with Crippen molar-refractivity contribution in [3.8, 4) is 0 Å². The molecule has 2 aromatic rings. The fraction of sp³-hybridized carbons (Fsp3) is 0.333. The van der Waals surface area contributed by atoms with Gasteiger partial charge in [0.25, 0.3) is 5.91 Å². The van der Waals surface area contributed by atoms with Crippen LogP contribution in [-0.2, 0) is 11.3 Å². The van der Waals surface area contributed by atoms with Gasteiger partial charge in [-0.1, -0.05) is 0 Å². The van der Waals surface area contributed by atoms with E-state index in [1.165, 1.54) is 11.2 Å². The Labute approximate surface area is 122 Å². The Morgan fingerprint density at radius 2 is 2.10 bits per heavy atom. The maximum absolute atomic E-state index is 12.2. The molecule has 21 heavy (non-hydrogen) atoms. The minimum Gasteiger partial charge on any atom is -0.464 e. The third kappa shape index (κ3) is 3.75. The van der Waals surface area contributed by atoms with Crippen molar-refractivity contribution >= 4 is 11.8 Å². The monoisotopic (exact) mass is 290 g/mol. The van der Waals surface area contributed by atoms with Gasteiger partial charge in [-0.05, 0) is 38.1 Å². The fourth-order valence-corrected chi connectivity index (χ4v) is 1.95. The topological polar surface area (TPSA) is 75.7 Å². The number of rotatable bonds is 5. The number of carbonyl (C=O) groups is 2. The lowest BCUT2D eigenvalue weighted by atomic mass is 10.2. The van der Waals surface area contributed by atoms with Crippen LogP contribution in [0.2, 0.25) is 0 Å². The average molecular weight is 290 g/mol. The van der Waals surface area contributed by atoms with E-state index in [0.717, 1.165) is 5.76 Å². The van der Waals surface area contributed by atoms with Crippen molar-refractivity contribution in [2.24, 2.45) is 0 Å². The molecule has 2 rings (SSSR count). The molecule has 1 N–H and O–H groups in total. The van der Waals surface area contributed by atoms with E-state index in [0.29, 0.717) is 12.3 Å². The van der Waals surface area contributed by atoms with E-state index in [-0.39, 0.29) is 11.7 Å². The number of likely N-dealkylation sites (N-methyl/N-ethyl adjacent to an activating group) is 1. The summed E-state index contributed by atoms with van der Waals surface area (Å²) < 4.78 is 10.4. The molecule has 1 atom stereocenters. The average Bonchev–Trinajstić information content (AvgIpc) is 3.09. The molecule has 0 spiro atoms. The Morgan fingerprint density at radius 1 is 1.33 bits per heavy atom. The summed E-state index contributed by atoms with van der Waals surface area (Å²) in [4.78, 5) is 25.5. The fourth-order valence-electron chi connectivity index (χ4n) is 1.95. The van der Waals surface area contributed by atoms with E-state index in [1.807, 2.05) is 19.1 Å². The molecule has 2 aromatic heterocycles. The SMILES string of the molecule is Cc1ccc(CN(C)C(=O)[C@@H](C)NC(=O)c2ccco2)o1. The van der Waals surface area contributed by atoms with Gasteiger partial charge < -0.3 is 19.1 Å². The zero-order chi connectivity index (χ0) is 15.4. The molecule has 0 unspecified atom stereocenters. The van der Waals surface area contributed by atoms with E-state index in [1.54, 1.807) is 26.1 Å². The number of aryl methyl sites for hydroxylation is 1. The summed E-state index contributed by atoms with van der Waals surface area (Å²) in [6.45, 7) is 3.83. The van der Waals surface area contributed by atoms with Gasteiger partial charge in [-0.2, -0.15) is 0 Å². The van der Waals surface area contributed by atoms with Crippen LogP contribution in [0.5, 0.6) is 0 Å². The molecule has 0 aliphatic carbocycles. The first-order chi connectivity index (χ1) is 9.97. The Morgan fingerprint density at radius 3 is 2.67 bits per heavy atom. The van der Waals surface area contributed by atoms with Crippen LogP contribution >= 0.6 is 0 Å². The van der Waals surface area contributed by atoms with Gasteiger partial charge in [-0.3, -0.25) is 9.59 Å². The maximum Gasteiger partial charge on any atom is 0.287 e. The highest BCUT2D eigenvalue weighted by Gasteiger charge is 2.21. The lowest BCUT2D eigenvalue weighted by Gasteiger charge is -2.20. The molecule has 112 valence electrons. The van der Waals surface area contributed by atoms with E-state index in [9.17, 15) is 9.59 Å². The second-order valence-electron chi connectivity index (χ2n) is 4.88. The summed E-state index contributed by atoms with van der Waals surface area (Å²) in [7, 11) is 1.66. The van der Waals surface area contributed by atoms with Gasteiger partial charge in [0.2, 0.25) is 5.91 Å². The number of hydrogen-bond acceptors (Lipinski definition) is 4. The van der Waals surface area contributed by atoms with Gasteiger partial charge >= 0.3 is 0 Å². The number of hydrogen-bond donors (Lipinski definition) is 1. The highest BCUT2D eigenvalue weighted by molar-refractivity contribution is 5.95. The summed E-state index contributed by atoms with van der Waals surface area (Å²) in [5.74, 6) is 1.06. The molecule has 0 bridgehead atoms. The van der Waals surface area contributed by atoms with Crippen LogP contribution in [-0.4, -0.2) is 29.8 Å². The van der Waals surface area contributed by atoms with Crippen molar-refractivity contribution in [1.82, 2.24) is 10.2 Å². The summed E-state index contributed by atoms with van der Waals surface area (Å²) in [6.07, 6.45) is 1.41. The molecule has 0 aromatic carbocycles. The maximum atomic E-state index is 12.2. The lowest BCUT2D eigenvalue weighted by Crippen LogP contribution is -2.45. The van der Waals surface area contributed by atoms with Crippen LogP contribution < -0.4 is 5.32 Å². The van der Waals surface area contributed by atoms with Crippen LogP contribution in [0, 0.1) is 6.92 Å². The third-order valence-electron chi connectivity index (χ3n) is 3.03. The van der Waals surface area contributed by atoms with Gasteiger partial charge in [0.1, 0.15) is 17.6 Å². The summed E-state index contributed by atoms with van der Waals surface area (Å²) >= 11 is 0. The summed E-state index contributed by atoms with van der Waals surface area (Å²) in [5.41, 5.74) is 0. The predicted octanol–water partition coefficient (Wildman–Crippen LogP) is 1.96. The van der Waals surface area contributed by atoms with Crippen LogP contribution in [0.4, 0.5) is 0 Å². The molecule has 0 aliphatic rings. The second kappa shape index (κ2) is 6.30. The van der Waals surface area contributed by atoms with Crippen LogP contribution in [0.15, 0.2) is 39.4 Å². The Kier molecular flexibility index (Phi) is 4.47. The Hall–Kier alpha value is -2.50. The van der Waals surface area contributed by atoms with Crippen LogP contribution in [0.25, 0.3) is 0 Å². The molecular formula is C15H18N2O4. The lowest BCUT2D eigenvalue weighted by molar-refractivity contribution is -0.132. The zero-order valence-corrected chi connectivity index (χ0v) is 12.3. The number of amides is 2. The van der Waals surface area contributed by atoms with Crippen molar-refractivity contribution in [3.63, 3.8) is 0 Å². The largest absolute Gasteiger partial charge is 0.464 e. The van der Waals surface area contributed by atoms with Gasteiger partial charge in [-0.25, -0.2) is 0 Å². The number of nitrogens with zero attached hydrogens (tertiary/aromatic N) is 1. The van der Waals surface area contributed by atoms with Gasteiger partial charge in [-0.15, -0.1) is 0 Å². The molecule has 6 heteroatoms.